The van der Waals surface area contributed by atoms with Gasteiger partial charge in [-0.05, 0) is 36.4 Å². The topological polar surface area (TPSA) is 70.8 Å². The number of fused-ring (bicyclic) bond motifs is 1. The summed E-state index contributed by atoms with van der Waals surface area (Å²) in [6, 6.07) is 12.9. The van der Waals surface area contributed by atoms with Crippen molar-refractivity contribution in [1.82, 2.24) is 15.2 Å². The maximum Gasteiger partial charge on any atom is 0.298 e. The zero-order valence-corrected chi connectivity index (χ0v) is 18.4. The predicted octanol–water partition coefficient (Wildman–Crippen LogP) is 3.30. The average molecular weight is 441 g/mol. The van der Waals surface area contributed by atoms with Gasteiger partial charge in [-0.2, -0.15) is 4.98 Å². The molecule has 2 saturated heterocycles. The van der Waals surface area contributed by atoms with Gasteiger partial charge >= 0.3 is 0 Å². The van der Waals surface area contributed by atoms with Gasteiger partial charge in [0, 0.05) is 43.5 Å². The van der Waals surface area contributed by atoms with Gasteiger partial charge in [-0.3, -0.25) is 9.69 Å². The van der Waals surface area contributed by atoms with Crippen molar-refractivity contribution in [3.63, 3.8) is 0 Å². The summed E-state index contributed by atoms with van der Waals surface area (Å²) in [5.74, 6) is 0.196. The molecule has 2 fully saturated rings. The molecule has 2 aliphatic heterocycles. The number of nitrogens with zero attached hydrogens (tertiary/aromatic N) is 3. The van der Waals surface area contributed by atoms with E-state index in [1.54, 1.807) is 11.3 Å². The summed E-state index contributed by atoms with van der Waals surface area (Å²) in [7, 11) is 0. The lowest BCUT2D eigenvalue weighted by molar-refractivity contribution is -0.126. The summed E-state index contributed by atoms with van der Waals surface area (Å²) in [6.07, 6.45) is 1.62. The fraction of sp³-hybridized carbons (Fsp3) is 0.478. The number of benzene rings is 1. The summed E-state index contributed by atoms with van der Waals surface area (Å²) in [5, 5.41) is 5.35. The smallest absolute Gasteiger partial charge is 0.298 e. The Morgan fingerprint density at radius 2 is 1.94 bits per heavy atom. The summed E-state index contributed by atoms with van der Waals surface area (Å²) in [6.45, 7) is 5.52. The van der Waals surface area contributed by atoms with Crippen molar-refractivity contribution >= 4 is 34.4 Å². The van der Waals surface area contributed by atoms with Crippen LogP contribution in [0.3, 0.4) is 0 Å². The monoisotopic (exact) mass is 440 g/mol. The van der Waals surface area contributed by atoms with Crippen LogP contribution in [0, 0.1) is 5.92 Å². The van der Waals surface area contributed by atoms with E-state index in [-0.39, 0.29) is 17.9 Å². The highest BCUT2D eigenvalue weighted by Gasteiger charge is 2.29. The molecule has 0 bridgehead atoms. The van der Waals surface area contributed by atoms with Crippen LogP contribution in [-0.2, 0) is 9.53 Å². The van der Waals surface area contributed by atoms with E-state index < -0.39 is 0 Å². The molecule has 0 aliphatic carbocycles. The normalized spacial score (nSPS) is 19.5. The van der Waals surface area contributed by atoms with Gasteiger partial charge in [-0.15, -0.1) is 11.3 Å². The molecule has 2 aliphatic rings. The van der Waals surface area contributed by atoms with Crippen molar-refractivity contribution < 1.29 is 13.9 Å². The van der Waals surface area contributed by atoms with E-state index in [0.717, 1.165) is 63.3 Å². The number of morpholine rings is 1. The molecule has 2 aromatic heterocycles. The standard InChI is InChI=1S/C23H28N4O3S/c28-22(24-16-19(21-6-3-15-31-21)26-11-13-29-14-12-26)17-7-9-27(10-8-17)23-25-18-4-1-2-5-20(18)30-23/h1-6,15,17,19H,7-14,16H2,(H,24,28)/t19-/m1/s1. The first-order valence-corrected chi connectivity index (χ1v) is 11.9. The highest BCUT2D eigenvalue weighted by atomic mass is 32.1. The van der Waals surface area contributed by atoms with E-state index in [0.29, 0.717) is 12.6 Å². The molecule has 5 rings (SSSR count). The number of hydrogen-bond donors (Lipinski definition) is 1. The van der Waals surface area contributed by atoms with Gasteiger partial charge in [0.25, 0.3) is 6.01 Å². The molecule has 1 amide bonds. The molecule has 0 unspecified atom stereocenters. The fourth-order valence-corrected chi connectivity index (χ4v) is 5.31. The molecule has 8 heteroatoms. The second-order valence-electron chi connectivity index (χ2n) is 8.15. The van der Waals surface area contributed by atoms with Gasteiger partial charge in [0.15, 0.2) is 5.58 Å². The van der Waals surface area contributed by atoms with E-state index in [1.165, 1.54) is 4.88 Å². The highest BCUT2D eigenvalue weighted by molar-refractivity contribution is 7.10. The van der Waals surface area contributed by atoms with Crippen molar-refractivity contribution in [2.24, 2.45) is 5.92 Å². The van der Waals surface area contributed by atoms with Gasteiger partial charge in [0.2, 0.25) is 5.91 Å². The lowest BCUT2D eigenvalue weighted by Gasteiger charge is -2.35. The van der Waals surface area contributed by atoms with E-state index >= 15 is 0 Å². The zero-order valence-electron chi connectivity index (χ0n) is 17.5. The third-order valence-electron chi connectivity index (χ3n) is 6.25. The molecule has 31 heavy (non-hydrogen) atoms. The van der Waals surface area contributed by atoms with Crippen LogP contribution < -0.4 is 10.2 Å². The van der Waals surface area contributed by atoms with Crippen molar-refractivity contribution in [1.29, 1.82) is 0 Å². The van der Waals surface area contributed by atoms with Crippen molar-refractivity contribution in [3.05, 3.63) is 46.7 Å². The van der Waals surface area contributed by atoms with Gasteiger partial charge in [-0.1, -0.05) is 18.2 Å². The lowest BCUT2D eigenvalue weighted by Crippen LogP contribution is -2.46. The van der Waals surface area contributed by atoms with Crippen LogP contribution in [0.25, 0.3) is 11.1 Å². The van der Waals surface area contributed by atoms with Crippen LogP contribution in [0.1, 0.15) is 23.8 Å². The minimum Gasteiger partial charge on any atom is -0.423 e. The number of hydrogen-bond acceptors (Lipinski definition) is 7. The summed E-state index contributed by atoms with van der Waals surface area (Å²) >= 11 is 1.75. The molecular formula is C23H28N4O3S. The number of carbonyl (C=O) groups excluding carboxylic acids is 1. The van der Waals surface area contributed by atoms with Crippen LogP contribution in [-0.4, -0.2) is 61.7 Å². The largest absolute Gasteiger partial charge is 0.423 e. The molecule has 3 aromatic rings. The van der Waals surface area contributed by atoms with E-state index in [2.05, 4.69) is 37.6 Å². The third kappa shape index (κ3) is 4.61. The van der Waals surface area contributed by atoms with Gasteiger partial charge in [-0.25, -0.2) is 0 Å². The predicted molar refractivity (Wildman–Crippen MR) is 121 cm³/mol. The molecule has 0 saturated carbocycles. The lowest BCUT2D eigenvalue weighted by atomic mass is 9.96. The van der Waals surface area contributed by atoms with Crippen molar-refractivity contribution in [3.8, 4) is 0 Å². The number of rotatable bonds is 6. The molecule has 0 radical (unpaired) electrons. The van der Waals surface area contributed by atoms with Crippen molar-refractivity contribution in [2.45, 2.75) is 18.9 Å². The maximum atomic E-state index is 12.9. The molecule has 164 valence electrons. The minimum atomic E-state index is 0.0364. The second-order valence-corrected chi connectivity index (χ2v) is 9.13. The van der Waals surface area contributed by atoms with Gasteiger partial charge in [0.05, 0.1) is 19.3 Å². The Bertz CT molecular complexity index is 958. The summed E-state index contributed by atoms with van der Waals surface area (Å²) in [5.41, 5.74) is 1.68. The number of amides is 1. The fourth-order valence-electron chi connectivity index (χ4n) is 4.45. The molecule has 0 spiro atoms. The number of piperidine rings is 1. The SMILES string of the molecule is O=C(NC[C@H](c1cccs1)N1CCOCC1)C1CCN(c2nc3ccccc3o2)CC1. The number of aromatic nitrogens is 1. The quantitative estimate of drug-likeness (QED) is 0.634. The van der Waals surface area contributed by atoms with E-state index in [1.807, 2.05) is 24.3 Å². The van der Waals surface area contributed by atoms with E-state index in [9.17, 15) is 4.79 Å². The highest BCUT2D eigenvalue weighted by Crippen LogP contribution is 2.28. The first-order valence-electron chi connectivity index (χ1n) is 11.0. The summed E-state index contributed by atoms with van der Waals surface area (Å²) < 4.78 is 11.4. The number of nitrogens with one attached hydrogen (secondary N) is 1. The second kappa shape index (κ2) is 9.38. The number of oxazole rings is 1. The van der Waals surface area contributed by atoms with E-state index in [4.69, 9.17) is 9.15 Å². The number of para-hydroxylation sites is 2. The maximum absolute atomic E-state index is 12.9. The Kier molecular flexibility index (Phi) is 6.20. The number of ether oxygens (including phenoxy) is 1. The van der Waals surface area contributed by atoms with Crippen LogP contribution in [0.5, 0.6) is 0 Å². The Hall–Kier alpha value is -2.42. The minimum absolute atomic E-state index is 0.0364. The molecule has 1 atom stereocenters. The Labute approximate surface area is 186 Å². The van der Waals surface area contributed by atoms with Crippen LogP contribution in [0.15, 0.2) is 46.2 Å². The Morgan fingerprint density at radius 3 is 2.68 bits per heavy atom. The van der Waals surface area contributed by atoms with Gasteiger partial charge < -0.3 is 19.4 Å². The number of carbonyl (C=O) groups is 1. The van der Waals surface area contributed by atoms with Gasteiger partial charge in [0.1, 0.15) is 5.52 Å². The van der Waals surface area contributed by atoms with Crippen LogP contribution >= 0.6 is 11.3 Å². The zero-order chi connectivity index (χ0) is 21.0. The van der Waals surface area contributed by atoms with Crippen LogP contribution in [0.4, 0.5) is 6.01 Å². The third-order valence-corrected chi connectivity index (χ3v) is 7.22. The molecular weight excluding hydrogens is 412 g/mol. The van der Waals surface area contributed by atoms with Crippen LogP contribution in [0.2, 0.25) is 0 Å². The number of thiophene rings is 1. The average Bonchev–Trinajstić information content (AvgIpc) is 3.50. The molecule has 1 N–H and O–H groups in total. The first kappa shape index (κ1) is 20.5. The summed E-state index contributed by atoms with van der Waals surface area (Å²) in [4.78, 5) is 23.4. The molecule has 7 nitrogen and oxygen atoms in total. The Morgan fingerprint density at radius 1 is 1.13 bits per heavy atom. The van der Waals surface area contributed by atoms with Crippen molar-refractivity contribution in [2.75, 3.05) is 50.8 Å². The Balaban J connectivity index is 1.16. The first-order chi connectivity index (χ1) is 15.3. The molecule has 4 heterocycles. The number of anilines is 1. The molecule has 1 aromatic carbocycles.